The first-order chi connectivity index (χ1) is 16.0. The smallest absolute Gasteiger partial charge is 0.255 e. The molecule has 0 aliphatic heterocycles. The van der Waals surface area contributed by atoms with Crippen LogP contribution in [0.1, 0.15) is 15.9 Å². The molecule has 0 aliphatic carbocycles. The number of anilines is 1. The number of fused-ring (bicyclic) bond motifs is 1. The van der Waals surface area contributed by atoms with Crippen LogP contribution >= 0.6 is 11.6 Å². The third-order valence-corrected chi connectivity index (χ3v) is 5.45. The number of aromatic nitrogens is 2. The highest BCUT2D eigenvalue weighted by Gasteiger charge is 2.13. The zero-order valence-corrected chi connectivity index (χ0v) is 18.6. The lowest BCUT2D eigenvalue weighted by Gasteiger charge is -2.13. The summed E-state index contributed by atoms with van der Waals surface area (Å²) < 4.78 is 5.93. The number of H-pyrrole nitrogens is 1. The number of hydrogen-bond acceptors (Lipinski definition) is 3. The highest BCUT2D eigenvalue weighted by Crippen LogP contribution is 2.32. The number of hydrogen-bond donors (Lipinski definition) is 2. The topological polar surface area (TPSA) is 67.0 Å². The van der Waals surface area contributed by atoms with Gasteiger partial charge in [-0.05, 0) is 67.1 Å². The number of carbonyl (C=O) groups is 1. The summed E-state index contributed by atoms with van der Waals surface area (Å²) in [5.41, 5.74) is 4.96. The Hall–Kier alpha value is -4.09. The van der Waals surface area contributed by atoms with E-state index < -0.39 is 0 Å². The Morgan fingerprint density at radius 2 is 1.73 bits per heavy atom. The fourth-order valence-electron chi connectivity index (χ4n) is 3.54. The Morgan fingerprint density at radius 1 is 0.939 bits per heavy atom. The summed E-state index contributed by atoms with van der Waals surface area (Å²) >= 11 is 6.16. The van der Waals surface area contributed by atoms with Crippen molar-refractivity contribution in [1.29, 1.82) is 0 Å². The molecule has 5 aromatic rings. The van der Waals surface area contributed by atoms with Gasteiger partial charge in [-0.2, -0.15) is 0 Å². The first-order valence-corrected chi connectivity index (χ1v) is 10.8. The van der Waals surface area contributed by atoms with E-state index in [4.69, 9.17) is 16.3 Å². The molecule has 0 aliphatic rings. The molecule has 6 heteroatoms. The predicted molar refractivity (Wildman–Crippen MR) is 132 cm³/mol. The van der Waals surface area contributed by atoms with Crippen molar-refractivity contribution in [2.24, 2.45) is 0 Å². The Labute approximate surface area is 196 Å². The van der Waals surface area contributed by atoms with E-state index in [0.29, 0.717) is 27.8 Å². The van der Waals surface area contributed by atoms with E-state index in [0.717, 1.165) is 22.4 Å². The van der Waals surface area contributed by atoms with Crippen molar-refractivity contribution in [2.75, 3.05) is 5.32 Å². The van der Waals surface area contributed by atoms with Crippen LogP contribution in [-0.2, 0) is 0 Å². The fraction of sp³-hybridized carbons (Fsp3) is 0.0370. The molecule has 2 N–H and O–H groups in total. The Balaban J connectivity index is 1.36. The molecule has 33 heavy (non-hydrogen) atoms. The number of para-hydroxylation sites is 1. The zero-order valence-electron chi connectivity index (χ0n) is 17.8. The molecule has 0 saturated carbocycles. The van der Waals surface area contributed by atoms with E-state index in [-0.39, 0.29) is 5.91 Å². The van der Waals surface area contributed by atoms with E-state index >= 15 is 0 Å². The SMILES string of the molecule is Cc1ccc2nc(-c3ccc(C(=O)Nc4cc(Cl)ccc4Oc4ccccc4)cc3)[nH]c2c1. The standard InChI is InChI=1S/C27H20ClN3O2/c1-17-7-13-22-23(15-17)30-26(29-22)18-8-10-19(11-9-18)27(32)31-24-16-20(28)12-14-25(24)33-21-5-3-2-4-6-21/h2-16H,1H3,(H,29,30)(H,31,32). The summed E-state index contributed by atoms with van der Waals surface area (Å²) in [6, 6.07) is 27.9. The van der Waals surface area contributed by atoms with E-state index in [1.807, 2.05) is 61.5 Å². The molecule has 1 aromatic heterocycles. The number of benzene rings is 4. The van der Waals surface area contributed by atoms with E-state index in [2.05, 4.69) is 21.4 Å². The van der Waals surface area contributed by atoms with Crippen molar-refractivity contribution < 1.29 is 9.53 Å². The molecule has 0 fully saturated rings. The third-order valence-electron chi connectivity index (χ3n) is 5.22. The predicted octanol–water partition coefficient (Wildman–Crippen LogP) is 7.24. The van der Waals surface area contributed by atoms with Crippen molar-refractivity contribution in [2.45, 2.75) is 6.92 Å². The van der Waals surface area contributed by atoms with Crippen LogP contribution < -0.4 is 10.1 Å². The van der Waals surface area contributed by atoms with Crippen LogP contribution in [0.4, 0.5) is 5.69 Å². The van der Waals surface area contributed by atoms with Crippen molar-refractivity contribution in [3.8, 4) is 22.9 Å². The molecule has 0 atom stereocenters. The van der Waals surface area contributed by atoms with Gasteiger partial charge in [0, 0.05) is 16.1 Å². The first kappa shape index (κ1) is 20.8. The van der Waals surface area contributed by atoms with Gasteiger partial charge in [-0.1, -0.05) is 48.0 Å². The Kier molecular flexibility index (Phi) is 5.55. The lowest BCUT2D eigenvalue weighted by Crippen LogP contribution is -2.12. The van der Waals surface area contributed by atoms with E-state index in [9.17, 15) is 4.79 Å². The molecular weight excluding hydrogens is 434 g/mol. The molecule has 1 amide bonds. The minimum Gasteiger partial charge on any atom is -0.455 e. The highest BCUT2D eigenvalue weighted by molar-refractivity contribution is 6.31. The van der Waals surface area contributed by atoms with Crippen LogP contribution in [0.3, 0.4) is 0 Å². The summed E-state index contributed by atoms with van der Waals surface area (Å²) in [5.74, 6) is 1.67. The lowest BCUT2D eigenvalue weighted by atomic mass is 10.1. The van der Waals surface area contributed by atoms with Gasteiger partial charge >= 0.3 is 0 Å². The maximum atomic E-state index is 12.9. The first-order valence-electron chi connectivity index (χ1n) is 10.5. The van der Waals surface area contributed by atoms with Gasteiger partial charge < -0.3 is 15.0 Å². The number of aromatic amines is 1. The molecule has 5 nitrogen and oxygen atoms in total. The van der Waals surface area contributed by atoms with Crippen LogP contribution in [-0.4, -0.2) is 15.9 Å². The number of carbonyl (C=O) groups excluding carboxylic acids is 1. The second-order valence-corrected chi connectivity index (χ2v) is 8.13. The summed E-state index contributed by atoms with van der Waals surface area (Å²) in [5, 5.41) is 3.40. The molecule has 162 valence electrons. The van der Waals surface area contributed by atoms with Crippen LogP contribution in [0.2, 0.25) is 5.02 Å². The number of imidazole rings is 1. The van der Waals surface area contributed by atoms with Gasteiger partial charge in [0.15, 0.2) is 5.75 Å². The van der Waals surface area contributed by atoms with Gasteiger partial charge in [-0.3, -0.25) is 4.79 Å². The number of nitrogens with zero attached hydrogens (tertiary/aromatic N) is 1. The Bertz CT molecular complexity index is 1440. The van der Waals surface area contributed by atoms with Gasteiger partial charge in [-0.25, -0.2) is 4.98 Å². The van der Waals surface area contributed by atoms with Crippen molar-refractivity contribution in [1.82, 2.24) is 9.97 Å². The molecular formula is C27H20ClN3O2. The lowest BCUT2D eigenvalue weighted by molar-refractivity contribution is 0.102. The Morgan fingerprint density at radius 3 is 2.52 bits per heavy atom. The zero-order chi connectivity index (χ0) is 22.8. The van der Waals surface area contributed by atoms with Crippen LogP contribution in [0, 0.1) is 6.92 Å². The monoisotopic (exact) mass is 453 g/mol. The van der Waals surface area contributed by atoms with Crippen LogP contribution in [0.25, 0.3) is 22.4 Å². The number of aryl methyl sites for hydroxylation is 1. The average molecular weight is 454 g/mol. The highest BCUT2D eigenvalue weighted by atomic mass is 35.5. The number of ether oxygens (including phenoxy) is 1. The minimum atomic E-state index is -0.262. The fourth-order valence-corrected chi connectivity index (χ4v) is 3.71. The second-order valence-electron chi connectivity index (χ2n) is 7.69. The quantitative estimate of drug-likeness (QED) is 0.295. The molecule has 0 saturated heterocycles. The van der Waals surface area contributed by atoms with E-state index in [1.54, 1.807) is 30.3 Å². The second kappa shape index (κ2) is 8.81. The van der Waals surface area contributed by atoms with Crippen molar-refractivity contribution in [3.05, 3.63) is 107 Å². The van der Waals surface area contributed by atoms with Crippen LogP contribution in [0.15, 0.2) is 91.0 Å². The molecule has 4 aromatic carbocycles. The van der Waals surface area contributed by atoms with Gasteiger partial charge in [0.2, 0.25) is 0 Å². The maximum Gasteiger partial charge on any atom is 0.255 e. The number of rotatable bonds is 5. The molecule has 1 heterocycles. The van der Waals surface area contributed by atoms with E-state index in [1.165, 1.54) is 5.56 Å². The number of amides is 1. The van der Waals surface area contributed by atoms with Crippen molar-refractivity contribution >= 4 is 34.2 Å². The third kappa shape index (κ3) is 4.59. The van der Waals surface area contributed by atoms with Gasteiger partial charge in [-0.15, -0.1) is 0 Å². The molecule has 5 rings (SSSR count). The summed E-state index contributed by atoms with van der Waals surface area (Å²) in [6.07, 6.45) is 0. The summed E-state index contributed by atoms with van der Waals surface area (Å²) in [4.78, 5) is 20.9. The normalized spacial score (nSPS) is 10.8. The average Bonchev–Trinajstić information content (AvgIpc) is 3.25. The molecule has 0 spiro atoms. The molecule has 0 unspecified atom stereocenters. The van der Waals surface area contributed by atoms with Gasteiger partial charge in [0.05, 0.1) is 16.7 Å². The summed E-state index contributed by atoms with van der Waals surface area (Å²) in [7, 11) is 0. The van der Waals surface area contributed by atoms with Gasteiger partial charge in [0.25, 0.3) is 5.91 Å². The molecule has 0 radical (unpaired) electrons. The van der Waals surface area contributed by atoms with Crippen molar-refractivity contribution in [3.63, 3.8) is 0 Å². The molecule has 0 bridgehead atoms. The van der Waals surface area contributed by atoms with Crippen LogP contribution in [0.5, 0.6) is 11.5 Å². The maximum absolute atomic E-state index is 12.9. The summed E-state index contributed by atoms with van der Waals surface area (Å²) in [6.45, 7) is 2.05. The number of nitrogens with one attached hydrogen (secondary N) is 2. The minimum absolute atomic E-state index is 0.262. The van der Waals surface area contributed by atoms with Gasteiger partial charge in [0.1, 0.15) is 11.6 Å². The number of halogens is 1. The largest absolute Gasteiger partial charge is 0.455 e.